The average molecular weight is 275 g/mol. The molecule has 1 amide bonds. The first kappa shape index (κ1) is 12.7. The SMILES string of the molecule is O=C(Nc1c(F)cccc1F)c1cnc(C2CC2)nc1. The molecule has 0 atom stereocenters. The number of benzene rings is 1. The smallest absolute Gasteiger partial charge is 0.258 e. The van der Waals surface area contributed by atoms with Crippen LogP contribution in [0.1, 0.15) is 34.9 Å². The molecule has 0 bridgehead atoms. The van der Waals surface area contributed by atoms with Gasteiger partial charge in [0.05, 0.1) is 5.56 Å². The van der Waals surface area contributed by atoms with E-state index >= 15 is 0 Å². The van der Waals surface area contributed by atoms with E-state index in [1.54, 1.807) is 0 Å². The van der Waals surface area contributed by atoms with Gasteiger partial charge in [0.2, 0.25) is 0 Å². The van der Waals surface area contributed by atoms with Crippen molar-refractivity contribution in [3.8, 4) is 0 Å². The van der Waals surface area contributed by atoms with Gasteiger partial charge in [-0.15, -0.1) is 0 Å². The van der Waals surface area contributed by atoms with Gasteiger partial charge in [0.15, 0.2) is 0 Å². The standard InChI is InChI=1S/C14H11F2N3O/c15-10-2-1-3-11(16)12(10)19-14(20)9-6-17-13(18-7-9)8-4-5-8/h1-3,6-8H,4-5H2,(H,19,20). The first-order valence-corrected chi connectivity index (χ1v) is 6.22. The molecule has 2 aromatic rings. The molecular weight excluding hydrogens is 264 g/mol. The van der Waals surface area contributed by atoms with E-state index in [1.807, 2.05) is 0 Å². The highest BCUT2D eigenvalue weighted by Gasteiger charge is 2.26. The van der Waals surface area contributed by atoms with Gasteiger partial charge >= 0.3 is 0 Å². The van der Waals surface area contributed by atoms with Gasteiger partial charge in [0.1, 0.15) is 23.1 Å². The second-order valence-corrected chi connectivity index (χ2v) is 4.65. The van der Waals surface area contributed by atoms with Gasteiger partial charge in [0.25, 0.3) is 5.91 Å². The number of nitrogens with one attached hydrogen (secondary N) is 1. The summed E-state index contributed by atoms with van der Waals surface area (Å²) in [5.74, 6) is -1.20. The Morgan fingerprint density at radius 3 is 2.30 bits per heavy atom. The van der Waals surface area contributed by atoms with Crippen LogP contribution < -0.4 is 5.32 Å². The number of nitrogens with zero attached hydrogens (tertiary/aromatic N) is 2. The van der Waals surface area contributed by atoms with Crippen LogP contribution in [0.5, 0.6) is 0 Å². The van der Waals surface area contributed by atoms with Gasteiger partial charge in [-0.05, 0) is 25.0 Å². The summed E-state index contributed by atoms with van der Waals surface area (Å²) in [5, 5.41) is 2.19. The van der Waals surface area contributed by atoms with E-state index in [4.69, 9.17) is 0 Å². The molecule has 3 rings (SSSR count). The van der Waals surface area contributed by atoms with Gasteiger partial charge in [0, 0.05) is 18.3 Å². The fraction of sp³-hybridized carbons (Fsp3) is 0.214. The normalized spacial score (nSPS) is 14.1. The number of rotatable bonds is 3. The summed E-state index contributed by atoms with van der Waals surface area (Å²) >= 11 is 0. The molecule has 1 aromatic heterocycles. The number of carbonyl (C=O) groups is 1. The third-order valence-electron chi connectivity index (χ3n) is 3.08. The molecular formula is C14H11F2N3O. The molecule has 0 spiro atoms. The van der Waals surface area contributed by atoms with E-state index in [-0.39, 0.29) is 5.56 Å². The maximum absolute atomic E-state index is 13.4. The minimum absolute atomic E-state index is 0.164. The van der Waals surface area contributed by atoms with Crippen LogP contribution in [0.2, 0.25) is 0 Å². The number of carbonyl (C=O) groups excluding carboxylic acids is 1. The predicted molar refractivity (Wildman–Crippen MR) is 68.3 cm³/mol. The molecule has 1 fully saturated rings. The lowest BCUT2D eigenvalue weighted by Crippen LogP contribution is -2.15. The minimum atomic E-state index is -0.825. The highest BCUT2D eigenvalue weighted by Crippen LogP contribution is 2.37. The zero-order valence-corrected chi connectivity index (χ0v) is 10.4. The van der Waals surface area contributed by atoms with E-state index in [9.17, 15) is 13.6 Å². The fourth-order valence-electron chi connectivity index (χ4n) is 1.81. The Labute approximate surface area is 113 Å². The molecule has 20 heavy (non-hydrogen) atoms. The monoisotopic (exact) mass is 275 g/mol. The van der Waals surface area contributed by atoms with E-state index in [0.29, 0.717) is 11.7 Å². The van der Waals surface area contributed by atoms with Crippen molar-refractivity contribution < 1.29 is 13.6 Å². The number of para-hydroxylation sites is 1. The number of amides is 1. The average Bonchev–Trinajstić information content (AvgIpc) is 3.28. The summed E-state index contributed by atoms with van der Waals surface area (Å²) < 4.78 is 26.8. The first-order chi connectivity index (χ1) is 9.65. The second-order valence-electron chi connectivity index (χ2n) is 4.65. The number of hydrogen-bond acceptors (Lipinski definition) is 3. The zero-order chi connectivity index (χ0) is 14.1. The maximum atomic E-state index is 13.4. The summed E-state index contributed by atoms with van der Waals surface area (Å²) in [7, 11) is 0. The van der Waals surface area contributed by atoms with Crippen LogP contribution in [0.3, 0.4) is 0 Å². The van der Waals surface area contributed by atoms with Crippen molar-refractivity contribution in [2.45, 2.75) is 18.8 Å². The van der Waals surface area contributed by atoms with Crippen molar-refractivity contribution >= 4 is 11.6 Å². The van der Waals surface area contributed by atoms with E-state index in [1.165, 1.54) is 18.5 Å². The van der Waals surface area contributed by atoms with E-state index in [0.717, 1.165) is 25.0 Å². The first-order valence-electron chi connectivity index (χ1n) is 6.22. The van der Waals surface area contributed by atoms with Crippen molar-refractivity contribution in [3.63, 3.8) is 0 Å². The van der Waals surface area contributed by atoms with Gasteiger partial charge in [-0.3, -0.25) is 4.79 Å². The van der Waals surface area contributed by atoms with Crippen molar-refractivity contribution in [3.05, 3.63) is 53.6 Å². The molecule has 1 heterocycles. The van der Waals surface area contributed by atoms with Crippen molar-refractivity contribution in [2.24, 2.45) is 0 Å². The highest BCUT2D eigenvalue weighted by atomic mass is 19.1. The van der Waals surface area contributed by atoms with Crippen molar-refractivity contribution in [1.29, 1.82) is 0 Å². The van der Waals surface area contributed by atoms with Gasteiger partial charge in [-0.2, -0.15) is 0 Å². The number of aromatic nitrogens is 2. The van der Waals surface area contributed by atoms with Crippen LogP contribution in [0, 0.1) is 11.6 Å². The molecule has 0 saturated heterocycles. The quantitative estimate of drug-likeness (QED) is 0.937. The largest absolute Gasteiger partial charge is 0.317 e. The number of hydrogen-bond donors (Lipinski definition) is 1. The third-order valence-corrected chi connectivity index (χ3v) is 3.08. The topological polar surface area (TPSA) is 54.9 Å². The van der Waals surface area contributed by atoms with Crippen LogP contribution in [0.4, 0.5) is 14.5 Å². The zero-order valence-electron chi connectivity index (χ0n) is 10.4. The molecule has 0 radical (unpaired) electrons. The molecule has 0 unspecified atom stereocenters. The third kappa shape index (κ3) is 2.49. The Hall–Kier alpha value is -2.37. The van der Waals surface area contributed by atoms with E-state index < -0.39 is 23.2 Å². The van der Waals surface area contributed by atoms with Crippen LogP contribution >= 0.6 is 0 Å². The van der Waals surface area contributed by atoms with Crippen molar-refractivity contribution in [2.75, 3.05) is 5.32 Å². The summed E-state index contributed by atoms with van der Waals surface area (Å²) in [6.45, 7) is 0. The summed E-state index contributed by atoms with van der Waals surface area (Å²) in [6.07, 6.45) is 4.86. The van der Waals surface area contributed by atoms with Crippen LogP contribution in [0.25, 0.3) is 0 Å². The molecule has 102 valence electrons. The van der Waals surface area contributed by atoms with Crippen LogP contribution in [-0.2, 0) is 0 Å². The molecule has 6 heteroatoms. The Morgan fingerprint density at radius 1 is 1.15 bits per heavy atom. The molecule has 1 aromatic carbocycles. The number of halogens is 2. The lowest BCUT2D eigenvalue weighted by atomic mass is 10.2. The van der Waals surface area contributed by atoms with Crippen LogP contribution in [-0.4, -0.2) is 15.9 Å². The summed E-state index contributed by atoms with van der Waals surface area (Å²) in [6, 6.07) is 3.38. The van der Waals surface area contributed by atoms with E-state index in [2.05, 4.69) is 15.3 Å². The fourth-order valence-corrected chi connectivity index (χ4v) is 1.81. The lowest BCUT2D eigenvalue weighted by molar-refractivity contribution is 0.102. The van der Waals surface area contributed by atoms with Gasteiger partial charge < -0.3 is 5.32 Å². The minimum Gasteiger partial charge on any atom is -0.317 e. The molecule has 4 nitrogen and oxygen atoms in total. The Balaban J connectivity index is 1.78. The highest BCUT2D eigenvalue weighted by molar-refractivity contribution is 6.03. The Bertz CT molecular complexity index is 634. The predicted octanol–water partition coefficient (Wildman–Crippen LogP) is 2.88. The Kier molecular flexibility index (Phi) is 3.14. The molecule has 1 saturated carbocycles. The maximum Gasteiger partial charge on any atom is 0.258 e. The molecule has 1 aliphatic carbocycles. The molecule has 1 N–H and O–H groups in total. The van der Waals surface area contributed by atoms with Gasteiger partial charge in [-0.25, -0.2) is 18.7 Å². The summed E-state index contributed by atoms with van der Waals surface area (Å²) in [4.78, 5) is 20.1. The molecule has 1 aliphatic rings. The van der Waals surface area contributed by atoms with Crippen molar-refractivity contribution in [1.82, 2.24) is 9.97 Å². The summed E-state index contributed by atoms with van der Waals surface area (Å²) in [5.41, 5.74) is -0.305. The molecule has 0 aliphatic heterocycles. The number of anilines is 1. The second kappa shape index (κ2) is 4.96. The lowest BCUT2D eigenvalue weighted by Gasteiger charge is -2.07. The van der Waals surface area contributed by atoms with Gasteiger partial charge in [-0.1, -0.05) is 6.07 Å². The van der Waals surface area contributed by atoms with Crippen LogP contribution in [0.15, 0.2) is 30.6 Å². The Morgan fingerprint density at radius 2 is 1.75 bits per heavy atom.